The van der Waals surface area contributed by atoms with Crippen molar-refractivity contribution in [2.24, 2.45) is 5.92 Å². The number of piperidine rings is 1. The molecule has 226 valence electrons. The highest BCUT2D eigenvalue weighted by atomic mass is 19.1. The molecule has 3 aromatic carbocycles. The molecule has 7 nitrogen and oxygen atoms in total. The second-order valence-corrected chi connectivity index (χ2v) is 13.0. The highest BCUT2D eigenvalue weighted by Gasteiger charge is 2.48. The van der Waals surface area contributed by atoms with Gasteiger partial charge in [-0.05, 0) is 86.2 Å². The fourth-order valence-corrected chi connectivity index (χ4v) is 8.23. The van der Waals surface area contributed by atoms with Gasteiger partial charge in [0.25, 0.3) is 0 Å². The third-order valence-electron chi connectivity index (χ3n) is 10.1. The Labute approximate surface area is 254 Å². The van der Waals surface area contributed by atoms with E-state index in [4.69, 9.17) is 20.9 Å². The Morgan fingerprint density at radius 2 is 2.00 bits per heavy atom. The number of terminal acetylenes is 1. The molecule has 9 heteroatoms. The Balaban J connectivity index is 1.33. The van der Waals surface area contributed by atoms with Crippen LogP contribution in [0.3, 0.4) is 0 Å². The second-order valence-electron chi connectivity index (χ2n) is 13.0. The van der Waals surface area contributed by atoms with Crippen molar-refractivity contribution in [3.05, 3.63) is 47.5 Å². The number of phenols is 1. The number of phenolic OH excluding ortho intramolecular Hbond substituents is 1. The summed E-state index contributed by atoms with van der Waals surface area (Å²) in [5.41, 5.74) is 0.386. The zero-order chi connectivity index (χ0) is 30.2. The molecule has 4 aliphatic heterocycles. The van der Waals surface area contributed by atoms with Crippen molar-refractivity contribution in [1.29, 1.82) is 0 Å². The fraction of sp³-hybridized carbons (Fsp3) is 0.429. The van der Waals surface area contributed by atoms with Gasteiger partial charge in [-0.3, -0.25) is 4.90 Å². The van der Waals surface area contributed by atoms with E-state index < -0.39 is 11.6 Å². The summed E-state index contributed by atoms with van der Waals surface area (Å²) in [6.07, 6.45) is 12.0. The monoisotopic (exact) mass is 596 g/mol. The lowest BCUT2D eigenvalue weighted by Crippen LogP contribution is -2.44. The summed E-state index contributed by atoms with van der Waals surface area (Å²) >= 11 is 0. The minimum absolute atomic E-state index is 0.000484. The topological polar surface area (TPSA) is 71.0 Å². The smallest absolute Gasteiger partial charge is 0.319 e. The molecule has 5 heterocycles. The number of fused-ring (bicyclic) bond motifs is 4. The van der Waals surface area contributed by atoms with Gasteiger partial charge < -0.3 is 19.5 Å². The van der Waals surface area contributed by atoms with Crippen LogP contribution in [-0.2, 0) is 0 Å². The molecule has 0 aliphatic carbocycles. The van der Waals surface area contributed by atoms with Gasteiger partial charge in [-0.1, -0.05) is 18.9 Å². The van der Waals surface area contributed by atoms with Crippen LogP contribution in [0.5, 0.6) is 17.5 Å². The van der Waals surface area contributed by atoms with Gasteiger partial charge in [-0.15, -0.1) is 6.42 Å². The first-order chi connectivity index (χ1) is 21.3. The van der Waals surface area contributed by atoms with Crippen LogP contribution < -0.4 is 14.4 Å². The number of hydrogen-bond donors (Lipinski definition) is 1. The van der Waals surface area contributed by atoms with E-state index >= 15 is 4.39 Å². The van der Waals surface area contributed by atoms with Gasteiger partial charge in [0.2, 0.25) is 0 Å². The molecule has 0 bridgehead atoms. The maximum atomic E-state index is 17.0. The summed E-state index contributed by atoms with van der Waals surface area (Å²) < 4.78 is 44.6. The molecule has 0 saturated carbocycles. The summed E-state index contributed by atoms with van der Waals surface area (Å²) in [5, 5.41) is 12.0. The molecular weight excluding hydrogens is 562 g/mol. The van der Waals surface area contributed by atoms with Gasteiger partial charge >= 0.3 is 6.01 Å². The lowest BCUT2D eigenvalue weighted by molar-refractivity contribution is 0.107. The molecule has 3 saturated heterocycles. The van der Waals surface area contributed by atoms with Crippen molar-refractivity contribution < 1.29 is 23.4 Å². The van der Waals surface area contributed by atoms with Crippen molar-refractivity contribution in [1.82, 2.24) is 14.9 Å². The van der Waals surface area contributed by atoms with Crippen molar-refractivity contribution in [3.63, 3.8) is 0 Å². The number of anilines is 1. The first kappa shape index (κ1) is 27.4. The standard InChI is InChI=1S/C35H34F2N4O3/c1-3-24-27(36)9-8-21-13-23(42)14-25(29(21)24)26-15-28-30-32(31(26)37)38-34(39-33(30)41-12-5-4-7-22(41)18-43-28)44-19-35-10-6-11-40(35)17-20(2)16-35/h1,8-9,13-15,20,22,42H,4-7,10-12,16-19H2,2H3/t20-,22?,35?/m1/s1. The van der Waals surface area contributed by atoms with Crippen LogP contribution in [0.4, 0.5) is 14.6 Å². The number of hydrogen-bond acceptors (Lipinski definition) is 7. The van der Waals surface area contributed by atoms with Gasteiger partial charge in [-0.25, -0.2) is 8.78 Å². The first-order valence-corrected chi connectivity index (χ1v) is 15.6. The molecule has 44 heavy (non-hydrogen) atoms. The summed E-state index contributed by atoms with van der Waals surface area (Å²) in [7, 11) is 0. The number of aromatic nitrogens is 2. The quantitative estimate of drug-likeness (QED) is 0.273. The Hall–Kier alpha value is -4.16. The van der Waals surface area contributed by atoms with E-state index in [-0.39, 0.29) is 45.5 Å². The van der Waals surface area contributed by atoms with Crippen LogP contribution in [0.2, 0.25) is 0 Å². The fourth-order valence-electron chi connectivity index (χ4n) is 8.23. The summed E-state index contributed by atoms with van der Waals surface area (Å²) in [6, 6.07) is 7.51. The Morgan fingerprint density at radius 3 is 2.86 bits per heavy atom. The molecule has 8 rings (SSSR count). The summed E-state index contributed by atoms with van der Waals surface area (Å²) in [6.45, 7) is 6.02. The summed E-state index contributed by atoms with van der Waals surface area (Å²) in [5.74, 6) is 2.74. The third kappa shape index (κ3) is 4.18. The number of benzene rings is 3. The van der Waals surface area contributed by atoms with Crippen molar-refractivity contribution in [3.8, 4) is 41.0 Å². The Morgan fingerprint density at radius 1 is 1.11 bits per heavy atom. The first-order valence-electron chi connectivity index (χ1n) is 15.6. The van der Waals surface area contributed by atoms with Gasteiger partial charge in [-0.2, -0.15) is 9.97 Å². The number of halogens is 2. The molecule has 3 fully saturated rings. The molecule has 0 amide bonds. The van der Waals surface area contributed by atoms with Crippen LogP contribution in [0.25, 0.3) is 32.8 Å². The molecule has 4 aliphatic rings. The highest BCUT2D eigenvalue weighted by Crippen LogP contribution is 2.46. The van der Waals surface area contributed by atoms with Crippen molar-refractivity contribution >= 4 is 27.5 Å². The van der Waals surface area contributed by atoms with Crippen LogP contribution in [0.1, 0.15) is 51.0 Å². The van der Waals surface area contributed by atoms with E-state index in [1.54, 1.807) is 6.07 Å². The highest BCUT2D eigenvalue weighted by molar-refractivity contribution is 6.05. The van der Waals surface area contributed by atoms with E-state index in [1.165, 1.54) is 24.3 Å². The minimum Gasteiger partial charge on any atom is -0.508 e. The SMILES string of the molecule is C#Cc1c(F)ccc2cc(O)cc(-c3cc4c5c(nc(OCC67CCCN6C[C@H](C)C7)nc5c3F)N3CCCCC3CO4)c12. The van der Waals surface area contributed by atoms with E-state index in [1.807, 2.05) is 0 Å². The number of aromatic hydroxyl groups is 1. The van der Waals surface area contributed by atoms with Crippen molar-refractivity contribution in [2.75, 3.05) is 37.7 Å². The zero-order valence-electron chi connectivity index (χ0n) is 24.7. The normalized spacial score (nSPS) is 24.5. The largest absolute Gasteiger partial charge is 0.508 e. The molecule has 3 atom stereocenters. The average molecular weight is 597 g/mol. The van der Waals surface area contributed by atoms with Gasteiger partial charge in [0.1, 0.15) is 41.9 Å². The van der Waals surface area contributed by atoms with E-state index in [0.717, 1.165) is 58.2 Å². The maximum Gasteiger partial charge on any atom is 0.319 e. The van der Waals surface area contributed by atoms with Gasteiger partial charge in [0.15, 0.2) is 5.82 Å². The molecule has 1 N–H and O–H groups in total. The van der Waals surface area contributed by atoms with Gasteiger partial charge in [0.05, 0.1) is 22.5 Å². The molecule has 0 spiro atoms. The maximum absolute atomic E-state index is 17.0. The van der Waals surface area contributed by atoms with Gasteiger partial charge in [0, 0.05) is 24.0 Å². The molecule has 4 aromatic rings. The van der Waals surface area contributed by atoms with E-state index in [2.05, 4.69) is 27.6 Å². The number of ether oxygens (including phenoxy) is 2. The van der Waals surface area contributed by atoms with Crippen LogP contribution in [-0.4, -0.2) is 64.4 Å². The van der Waals surface area contributed by atoms with Crippen LogP contribution >= 0.6 is 0 Å². The Bertz CT molecular complexity index is 1870. The third-order valence-corrected chi connectivity index (χ3v) is 10.1. The van der Waals surface area contributed by atoms with Crippen LogP contribution in [0.15, 0.2) is 30.3 Å². The zero-order valence-corrected chi connectivity index (χ0v) is 24.7. The van der Waals surface area contributed by atoms with Crippen LogP contribution in [0, 0.1) is 29.9 Å². The Kier molecular flexibility index (Phi) is 6.35. The molecular formula is C35H34F2N4O3. The average Bonchev–Trinajstić information content (AvgIpc) is 3.49. The van der Waals surface area contributed by atoms with E-state index in [9.17, 15) is 9.50 Å². The number of rotatable bonds is 4. The predicted molar refractivity (Wildman–Crippen MR) is 165 cm³/mol. The predicted octanol–water partition coefficient (Wildman–Crippen LogP) is 6.42. The minimum atomic E-state index is -0.634. The molecule has 2 unspecified atom stereocenters. The lowest BCUT2D eigenvalue weighted by atomic mass is 9.91. The lowest BCUT2D eigenvalue weighted by Gasteiger charge is -2.35. The van der Waals surface area contributed by atoms with E-state index in [0.29, 0.717) is 46.9 Å². The molecule has 1 aromatic heterocycles. The molecule has 0 radical (unpaired) electrons. The number of nitrogens with zero attached hydrogens (tertiary/aromatic N) is 4. The van der Waals surface area contributed by atoms with Crippen molar-refractivity contribution in [2.45, 2.75) is 57.0 Å². The summed E-state index contributed by atoms with van der Waals surface area (Å²) in [4.78, 5) is 14.3. The second kappa shape index (κ2) is 10.2.